The molecular weight excluding hydrogens is 344 g/mol. The molecule has 0 unspecified atom stereocenters. The molecule has 0 aliphatic carbocycles. The Morgan fingerprint density at radius 1 is 0.923 bits per heavy atom. The van der Waals surface area contributed by atoms with Crippen molar-refractivity contribution in [2.45, 2.75) is 26.7 Å². The zero-order valence-corrected chi connectivity index (χ0v) is 16.5. The fraction of sp³-hybridized carbons (Fsp3) is 0.429. The van der Waals surface area contributed by atoms with Crippen LogP contribution in [-0.2, 0) is 22.9 Å². The van der Waals surface area contributed by atoms with Crippen LogP contribution in [0, 0.1) is 6.92 Å². The monoisotopic (exact) mass is 372 g/mol. The van der Waals surface area contributed by atoms with Gasteiger partial charge in [0.05, 0.1) is 5.75 Å². The highest BCUT2D eigenvalue weighted by Gasteiger charge is 2.27. The van der Waals surface area contributed by atoms with Crippen LogP contribution in [0.3, 0.4) is 0 Å². The minimum absolute atomic E-state index is 0.182. The van der Waals surface area contributed by atoms with E-state index in [2.05, 4.69) is 36.9 Å². The standard InChI is InChI=1S/C21H28N2O2S/c1-3-20-11-7-8-18(2)21(20)22-13-15-23(16-14-22)26(24,25)17-12-19-9-5-4-6-10-19/h4-11H,3,12-17H2,1-2H3. The average molecular weight is 373 g/mol. The SMILES string of the molecule is CCc1cccc(C)c1N1CCN(S(=O)(=O)CCc2ccccc2)CC1. The lowest BCUT2D eigenvalue weighted by Gasteiger charge is -2.37. The van der Waals surface area contributed by atoms with Gasteiger partial charge in [-0.1, -0.05) is 55.5 Å². The molecule has 1 aliphatic heterocycles. The number of para-hydroxylation sites is 1. The molecule has 1 fully saturated rings. The molecular formula is C21H28N2O2S. The highest BCUT2D eigenvalue weighted by Crippen LogP contribution is 2.27. The van der Waals surface area contributed by atoms with Gasteiger partial charge in [0.2, 0.25) is 10.0 Å². The zero-order valence-electron chi connectivity index (χ0n) is 15.7. The molecule has 0 aromatic heterocycles. The first kappa shape index (κ1) is 18.9. The molecule has 1 heterocycles. The second-order valence-corrected chi connectivity index (χ2v) is 8.96. The number of aryl methyl sites for hydroxylation is 3. The fourth-order valence-corrected chi connectivity index (χ4v) is 5.14. The van der Waals surface area contributed by atoms with E-state index < -0.39 is 10.0 Å². The molecule has 5 heteroatoms. The molecule has 2 aromatic carbocycles. The van der Waals surface area contributed by atoms with Gasteiger partial charge >= 0.3 is 0 Å². The molecule has 0 spiro atoms. The van der Waals surface area contributed by atoms with E-state index in [0.29, 0.717) is 19.5 Å². The van der Waals surface area contributed by atoms with Crippen molar-refractivity contribution in [2.75, 3.05) is 36.8 Å². The van der Waals surface area contributed by atoms with Gasteiger partial charge in [0.15, 0.2) is 0 Å². The minimum atomic E-state index is -3.21. The molecule has 1 aliphatic rings. The largest absolute Gasteiger partial charge is 0.368 e. The molecule has 1 saturated heterocycles. The van der Waals surface area contributed by atoms with Crippen molar-refractivity contribution in [1.29, 1.82) is 0 Å². The summed E-state index contributed by atoms with van der Waals surface area (Å²) in [6.45, 7) is 6.94. The highest BCUT2D eigenvalue weighted by atomic mass is 32.2. The predicted molar refractivity (Wildman–Crippen MR) is 108 cm³/mol. The van der Waals surface area contributed by atoms with Gasteiger partial charge in [-0.25, -0.2) is 8.42 Å². The molecule has 0 amide bonds. The van der Waals surface area contributed by atoms with Crippen LogP contribution in [0.4, 0.5) is 5.69 Å². The molecule has 140 valence electrons. The Bertz CT molecular complexity index is 826. The smallest absolute Gasteiger partial charge is 0.214 e. The molecule has 0 saturated carbocycles. The Balaban J connectivity index is 1.63. The third-order valence-corrected chi connectivity index (χ3v) is 7.01. The first-order chi connectivity index (χ1) is 12.5. The normalized spacial score (nSPS) is 16.0. The summed E-state index contributed by atoms with van der Waals surface area (Å²) in [4.78, 5) is 2.34. The van der Waals surface area contributed by atoms with E-state index in [9.17, 15) is 8.42 Å². The van der Waals surface area contributed by atoms with Gasteiger partial charge in [0.1, 0.15) is 0 Å². The third kappa shape index (κ3) is 4.27. The number of piperazine rings is 1. The second-order valence-electron chi connectivity index (χ2n) is 6.87. The summed E-state index contributed by atoms with van der Waals surface area (Å²) >= 11 is 0. The lowest BCUT2D eigenvalue weighted by atomic mass is 10.0. The number of benzene rings is 2. The van der Waals surface area contributed by atoms with Crippen LogP contribution in [0.15, 0.2) is 48.5 Å². The van der Waals surface area contributed by atoms with E-state index in [1.165, 1.54) is 16.8 Å². The Hall–Kier alpha value is -1.85. The molecule has 0 bridgehead atoms. The van der Waals surface area contributed by atoms with Crippen LogP contribution < -0.4 is 4.90 Å². The maximum atomic E-state index is 12.7. The highest BCUT2D eigenvalue weighted by molar-refractivity contribution is 7.89. The molecule has 4 nitrogen and oxygen atoms in total. The first-order valence-corrected chi connectivity index (χ1v) is 11.0. The molecule has 0 radical (unpaired) electrons. The van der Waals surface area contributed by atoms with Crippen molar-refractivity contribution in [2.24, 2.45) is 0 Å². The van der Waals surface area contributed by atoms with E-state index in [-0.39, 0.29) is 5.75 Å². The van der Waals surface area contributed by atoms with E-state index in [4.69, 9.17) is 0 Å². The lowest BCUT2D eigenvalue weighted by Crippen LogP contribution is -2.49. The first-order valence-electron chi connectivity index (χ1n) is 9.36. The van der Waals surface area contributed by atoms with Crippen molar-refractivity contribution < 1.29 is 8.42 Å². The van der Waals surface area contributed by atoms with Gasteiger partial charge in [-0.05, 0) is 36.5 Å². The fourth-order valence-electron chi connectivity index (χ4n) is 3.67. The summed E-state index contributed by atoms with van der Waals surface area (Å²) in [5, 5.41) is 0. The van der Waals surface area contributed by atoms with Gasteiger partial charge in [0.25, 0.3) is 0 Å². The maximum absolute atomic E-state index is 12.7. The third-order valence-electron chi connectivity index (χ3n) is 5.14. The predicted octanol–water partition coefficient (Wildman–Crippen LogP) is 3.25. The number of anilines is 1. The van der Waals surface area contributed by atoms with Crippen molar-refractivity contribution in [3.8, 4) is 0 Å². The van der Waals surface area contributed by atoms with Crippen LogP contribution in [-0.4, -0.2) is 44.7 Å². The number of rotatable bonds is 6. The Morgan fingerprint density at radius 3 is 2.27 bits per heavy atom. The minimum Gasteiger partial charge on any atom is -0.368 e. The zero-order chi connectivity index (χ0) is 18.6. The summed E-state index contributed by atoms with van der Waals surface area (Å²) in [7, 11) is -3.21. The molecule has 0 atom stereocenters. The summed E-state index contributed by atoms with van der Waals surface area (Å²) in [5.74, 6) is 0.182. The molecule has 0 N–H and O–H groups in total. The van der Waals surface area contributed by atoms with Crippen molar-refractivity contribution in [3.05, 3.63) is 65.2 Å². The summed E-state index contributed by atoms with van der Waals surface area (Å²) in [5.41, 5.74) is 4.97. The Kier molecular flexibility index (Phi) is 5.99. The van der Waals surface area contributed by atoms with Gasteiger partial charge in [0, 0.05) is 31.9 Å². The van der Waals surface area contributed by atoms with Gasteiger partial charge < -0.3 is 4.90 Å². The summed E-state index contributed by atoms with van der Waals surface area (Å²) in [6, 6.07) is 16.2. The molecule has 3 rings (SSSR count). The van der Waals surface area contributed by atoms with Crippen molar-refractivity contribution >= 4 is 15.7 Å². The summed E-state index contributed by atoms with van der Waals surface area (Å²) < 4.78 is 27.1. The van der Waals surface area contributed by atoms with Gasteiger partial charge in [-0.3, -0.25) is 0 Å². The van der Waals surface area contributed by atoms with Crippen LogP contribution in [0.25, 0.3) is 0 Å². The Labute approximate surface area is 157 Å². The summed E-state index contributed by atoms with van der Waals surface area (Å²) in [6.07, 6.45) is 1.56. The van der Waals surface area contributed by atoms with E-state index in [1.54, 1.807) is 4.31 Å². The second kappa shape index (κ2) is 8.23. The molecule has 26 heavy (non-hydrogen) atoms. The van der Waals surface area contributed by atoms with Crippen molar-refractivity contribution in [1.82, 2.24) is 4.31 Å². The van der Waals surface area contributed by atoms with Crippen LogP contribution in [0.1, 0.15) is 23.6 Å². The lowest BCUT2D eigenvalue weighted by molar-refractivity contribution is 0.384. The van der Waals surface area contributed by atoms with Crippen LogP contribution >= 0.6 is 0 Å². The number of hydrogen-bond donors (Lipinski definition) is 0. The Morgan fingerprint density at radius 2 is 1.62 bits per heavy atom. The number of nitrogens with zero attached hydrogens (tertiary/aromatic N) is 2. The topological polar surface area (TPSA) is 40.6 Å². The van der Waals surface area contributed by atoms with E-state index >= 15 is 0 Å². The number of sulfonamides is 1. The van der Waals surface area contributed by atoms with Crippen molar-refractivity contribution in [3.63, 3.8) is 0 Å². The van der Waals surface area contributed by atoms with E-state index in [0.717, 1.165) is 25.1 Å². The average Bonchev–Trinajstić information content (AvgIpc) is 2.67. The van der Waals surface area contributed by atoms with Gasteiger partial charge in [-0.15, -0.1) is 0 Å². The van der Waals surface area contributed by atoms with Crippen LogP contribution in [0.5, 0.6) is 0 Å². The van der Waals surface area contributed by atoms with Crippen LogP contribution in [0.2, 0.25) is 0 Å². The maximum Gasteiger partial charge on any atom is 0.214 e. The van der Waals surface area contributed by atoms with Gasteiger partial charge in [-0.2, -0.15) is 4.31 Å². The quantitative estimate of drug-likeness (QED) is 0.781. The number of hydrogen-bond acceptors (Lipinski definition) is 3. The molecule has 2 aromatic rings. The van der Waals surface area contributed by atoms with E-state index in [1.807, 2.05) is 30.3 Å².